The molecule has 0 aliphatic carbocycles. The van der Waals surface area contributed by atoms with E-state index in [0.717, 1.165) is 0 Å². The number of hydrogen-bond donors (Lipinski definition) is 1. The number of benzene rings is 1. The monoisotopic (exact) mass is 307 g/mol. The van der Waals surface area contributed by atoms with Crippen molar-refractivity contribution in [3.8, 4) is 0 Å². The third-order valence-corrected chi connectivity index (χ3v) is 3.58. The van der Waals surface area contributed by atoms with E-state index in [1.165, 1.54) is 4.57 Å². The number of amides is 1. The van der Waals surface area contributed by atoms with Crippen molar-refractivity contribution in [2.24, 2.45) is 13.0 Å². The van der Waals surface area contributed by atoms with Gasteiger partial charge in [0.15, 0.2) is 0 Å². The third kappa shape index (κ3) is 3.08. The zero-order chi connectivity index (χ0) is 15.7. The summed E-state index contributed by atoms with van der Waals surface area (Å²) in [7, 11) is 1.65. The van der Waals surface area contributed by atoms with Gasteiger partial charge in [-0.1, -0.05) is 25.4 Å². The second-order valence-electron chi connectivity index (χ2n) is 5.38. The lowest BCUT2D eigenvalue weighted by Crippen LogP contribution is -2.34. The molecular formula is C15H18ClN3O2. The molecule has 0 aliphatic heterocycles. The Morgan fingerprint density at radius 2 is 2.00 bits per heavy atom. The number of halogens is 1. The van der Waals surface area contributed by atoms with E-state index < -0.39 is 0 Å². The van der Waals surface area contributed by atoms with Crippen LogP contribution in [0.4, 0.5) is 0 Å². The van der Waals surface area contributed by atoms with E-state index in [1.807, 2.05) is 13.8 Å². The summed E-state index contributed by atoms with van der Waals surface area (Å²) in [6.45, 7) is 5.43. The maximum atomic E-state index is 12.4. The molecule has 1 aromatic carbocycles. The number of hydrogen-bond acceptors (Lipinski definition) is 3. The highest BCUT2D eigenvalue weighted by atomic mass is 35.5. The lowest BCUT2D eigenvalue weighted by Gasteiger charge is -2.18. The molecule has 2 rings (SSSR count). The van der Waals surface area contributed by atoms with Crippen molar-refractivity contribution in [2.45, 2.75) is 26.8 Å². The van der Waals surface area contributed by atoms with Gasteiger partial charge in [0.1, 0.15) is 5.82 Å². The predicted octanol–water partition coefficient (Wildman–Crippen LogP) is 2.42. The Labute approximate surface area is 127 Å². The molecule has 5 nitrogen and oxygen atoms in total. The van der Waals surface area contributed by atoms with E-state index in [1.54, 1.807) is 32.2 Å². The zero-order valence-electron chi connectivity index (χ0n) is 12.5. The van der Waals surface area contributed by atoms with Gasteiger partial charge in [0.05, 0.1) is 16.9 Å². The Kier molecular flexibility index (Phi) is 4.32. The van der Waals surface area contributed by atoms with Crippen molar-refractivity contribution < 1.29 is 4.79 Å². The van der Waals surface area contributed by atoms with E-state index in [4.69, 9.17) is 11.6 Å². The highest BCUT2D eigenvalue weighted by molar-refractivity contribution is 6.31. The molecular weight excluding hydrogens is 290 g/mol. The van der Waals surface area contributed by atoms with Gasteiger partial charge >= 0.3 is 0 Å². The first-order valence-corrected chi connectivity index (χ1v) is 7.15. The molecule has 1 heterocycles. The third-order valence-electron chi connectivity index (χ3n) is 3.34. The van der Waals surface area contributed by atoms with E-state index in [-0.39, 0.29) is 23.4 Å². The van der Waals surface area contributed by atoms with Gasteiger partial charge < -0.3 is 5.32 Å². The maximum Gasteiger partial charge on any atom is 0.261 e. The van der Waals surface area contributed by atoms with Gasteiger partial charge in [-0.2, -0.15) is 0 Å². The predicted molar refractivity (Wildman–Crippen MR) is 83.4 cm³/mol. The van der Waals surface area contributed by atoms with Crippen molar-refractivity contribution in [1.29, 1.82) is 0 Å². The molecule has 1 atom stereocenters. The van der Waals surface area contributed by atoms with Gasteiger partial charge in [0.2, 0.25) is 5.91 Å². The van der Waals surface area contributed by atoms with Gasteiger partial charge in [-0.25, -0.2) is 4.98 Å². The fourth-order valence-electron chi connectivity index (χ4n) is 2.09. The Balaban J connectivity index is 2.51. The van der Waals surface area contributed by atoms with Gasteiger partial charge in [0.25, 0.3) is 5.56 Å². The largest absolute Gasteiger partial charge is 0.346 e. The summed E-state index contributed by atoms with van der Waals surface area (Å²) in [5.41, 5.74) is 0.378. The summed E-state index contributed by atoms with van der Waals surface area (Å²) in [5, 5.41) is 3.88. The molecule has 1 aromatic heterocycles. The first-order valence-electron chi connectivity index (χ1n) is 6.77. The van der Waals surface area contributed by atoms with Crippen LogP contribution in [0.3, 0.4) is 0 Å². The normalized spacial score (nSPS) is 12.7. The van der Waals surface area contributed by atoms with Crippen molar-refractivity contribution in [2.75, 3.05) is 0 Å². The molecule has 0 fully saturated rings. The van der Waals surface area contributed by atoms with Crippen LogP contribution in [0.15, 0.2) is 23.0 Å². The van der Waals surface area contributed by atoms with Crippen molar-refractivity contribution >= 4 is 28.4 Å². The average Bonchev–Trinajstić information content (AvgIpc) is 2.42. The zero-order valence-corrected chi connectivity index (χ0v) is 13.2. The maximum absolute atomic E-state index is 12.4. The van der Waals surface area contributed by atoms with Crippen LogP contribution in [0.2, 0.25) is 5.02 Å². The SMILES string of the molecule is CC(C)C(=O)N[C@H](C)c1nc2cc(Cl)ccc2c(=O)n1C. The van der Waals surface area contributed by atoms with Crippen LogP contribution in [-0.2, 0) is 11.8 Å². The Morgan fingerprint density at radius 3 is 2.62 bits per heavy atom. The molecule has 1 amide bonds. The lowest BCUT2D eigenvalue weighted by molar-refractivity contribution is -0.124. The van der Waals surface area contributed by atoms with Gasteiger partial charge in [-0.15, -0.1) is 0 Å². The minimum atomic E-state index is -0.360. The molecule has 0 aliphatic rings. The Hall–Kier alpha value is -1.88. The van der Waals surface area contributed by atoms with Crippen LogP contribution >= 0.6 is 11.6 Å². The number of nitrogens with zero attached hydrogens (tertiary/aromatic N) is 2. The standard InChI is InChI=1S/C15H18ClN3O2/c1-8(2)14(20)17-9(3)13-18-12-7-10(16)5-6-11(12)15(21)19(13)4/h5-9H,1-4H3,(H,17,20)/t9-/m1/s1. The van der Waals surface area contributed by atoms with E-state index in [2.05, 4.69) is 10.3 Å². The number of fused-ring (bicyclic) bond motifs is 1. The molecule has 6 heteroatoms. The van der Waals surface area contributed by atoms with Crippen molar-refractivity contribution in [3.05, 3.63) is 39.4 Å². The Morgan fingerprint density at radius 1 is 1.33 bits per heavy atom. The van der Waals surface area contributed by atoms with Gasteiger partial charge in [-0.05, 0) is 25.1 Å². The number of aromatic nitrogens is 2. The number of carbonyl (C=O) groups excluding carboxylic acids is 1. The van der Waals surface area contributed by atoms with Gasteiger partial charge in [0, 0.05) is 18.0 Å². The first-order chi connectivity index (χ1) is 9.81. The number of carbonyl (C=O) groups is 1. The molecule has 0 saturated heterocycles. The molecule has 112 valence electrons. The van der Waals surface area contributed by atoms with Crippen LogP contribution in [0.1, 0.15) is 32.6 Å². The molecule has 0 saturated carbocycles. The minimum absolute atomic E-state index is 0.0806. The highest BCUT2D eigenvalue weighted by Crippen LogP contribution is 2.17. The molecule has 1 N–H and O–H groups in total. The highest BCUT2D eigenvalue weighted by Gasteiger charge is 2.17. The van der Waals surface area contributed by atoms with E-state index in [0.29, 0.717) is 21.7 Å². The van der Waals surface area contributed by atoms with E-state index in [9.17, 15) is 9.59 Å². The second kappa shape index (κ2) is 5.85. The number of rotatable bonds is 3. The fraction of sp³-hybridized carbons (Fsp3) is 0.400. The van der Waals surface area contributed by atoms with E-state index >= 15 is 0 Å². The molecule has 2 aromatic rings. The molecule has 0 bridgehead atoms. The Bertz CT molecular complexity index is 752. The minimum Gasteiger partial charge on any atom is -0.346 e. The van der Waals surface area contributed by atoms with Crippen LogP contribution in [0, 0.1) is 5.92 Å². The van der Waals surface area contributed by atoms with Gasteiger partial charge in [-0.3, -0.25) is 14.2 Å². The summed E-state index contributed by atoms with van der Waals surface area (Å²) in [6.07, 6.45) is 0. The summed E-state index contributed by atoms with van der Waals surface area (Å²) >= 11 is 5.95. The van der Waals surface area contributed by atoms with Crippen LogP contribution in [0.25, 0.3) is 10.9 Å². The molecule has 0 radical (unpaired) electrons. The second-order valence-corrected chi connectivity index (χ2v) is 5.82. The summed E-state index contributed by atoms with van der Waals surface area (Å²) < 4.78 is 1.46. The summed E-state index contributed by atoms with van der Waals surface area (Å²) in [6, 6.07) is 4.62. The lowest BCUT2D eigenvalue weighted by atomic mass is 10.2. The quantitative estimate of drug-likeness (QED) is 0.947. The topological polar surface area (TPSA) is 64.0 Å². The number of nitrogens with one attached hydrogen (secondary N) is 1. The molecule has 0 spiro atoms. The molecule has 21 heavy (non-hydrogen) atoms. The van der Waals surface area contributed by atoms with Crippen molar-refractivity contribution in [1.82, 2.24) is 14.9 Å². The summed E-state index contributed by atoms with van der Waals surface area (Å²) in [4.78, 5) is 28.6. The first kappa shape index (κ1) is 15.5. The van der Waals surface area contributed by atoms with Crippen LogP contribution < -0.4 is 10.9 Å². The average molecular weight is 308 g/mol. The fourth-order valence-corrected chi connectivity index (χ4v) is 2.26. The summed E-state index contributed by atoms with van der Waals surface area (Å²) in [5.74, 6) is 0.297. The van der Waals surface area contributed by atoms with Crippen LogP contribution in [0.5, 0.6) is 0 Å². The molecule has 0 unspecified atom stereocenters. The van der Waals surface area contributed by atoms with Crippen molar-refractivity contribution in [3.63, 3.8) is 0 Å². The smallest absolute Gasteiger partial charge is 0.261 e. The van der Waals surface area contributed by atoms with Crippen LogP contribution in [-0.4, -0.2) is 15.5 Å².